The van der Waals surface area contributed by atoms with Crippen molar-refractivity contribution in [3.05, 3.63) is 0 Å². The van der Waals surface area contributed by atoms with Gasteiger partial charge in [0.15, 0.2) is 0 Å². The lowest BCUT2D eigenvalue weighted by Gasteiger charge is -2.37. The molecule has 5 nitrogen and oxygen atoms in total. The summed E-state index contributed by atoms with van der Waals surface area (Å²) in [6.45, 7) is 3.88. The number of hydrogen-bond acceptors (Lipinski definition) is 4. The van der Waals surface area contributed by atoms with E-state index in [1.165, 1.54) is 0 Å². The summed E-state index contributed by atoms with van der Waals surface area (Å²) in [4.78, 5) is 11.5. The third-order valence-corrected chi connectivity index (χ3v) is 3.31. The van der Waals surface area contributed by atoms with Crippen LogP contribution in [-0.4, -0.2) is 53.0 Å². The second-order valence-electron chi connectivity index (χ2n) is 4.70. The Morgan fingerprint density at radius 3 is 2.50 bits per heavy atom. The first-order valence-electron chi connectivity index (χ1n) is 6.18. The summed E-state index contributed by atoms with van der Waals surface area (Å²) in [7, 11) is 3.32. The molecule has 1 rings (SSSR count). The van der Waals surface area contributed by atoms with Crippen molar-refractivity contribution in [3.8, 4) is 0 Å². The quantitative estimate of drug-likeness (QED) is 0.716. The van der Waals surface area contributed by atoms with E-state index in [-0.39, 0.29) is 23.7 Å². The highest BCUT2D eigenvalue weighted by Gasteiger charge is 2.32. The number of halogens is 1. The zero-order valence-electron chi connectivity index (χ0n) is 11.3. The predicted molar refractivity (Wildman–Crippen MR) is 73.2 cm³/mol. The van der Waals surface area contributed by atoms with Gasteiger partial charge in [-0.3, -0.25) is 4.79 Å². The summed E-state index contributed by atoms with van der Waals surface area (Å²) in [6, 6.07) is 0. The molecule has 0 radical (unpaired) electrons. The van der Waals surface area contributed by atoms with Gasteiger partial charge in [0.25, 0.3) is 0 Å². The Hall–Kier alpha value is -0.360. The average molecular weight is 281 g/mol. The second-order valence-corrected chi connectivity index (χ2v) is 4.70. The molecular weight excluding hydrogens is 256 g/mol. The largest absolute Gasteiger partial charge is 0.384 e. The normalized spacial score (nSPS) is 17.9. The third kappa shape index (κ3) is 6.00. The van der Waals surface area contributed by atoms with E-state index >= 15 is 0 Å². The molecule has 1 aliphatic rings. The van der Waals surface area contributed by atoms with Gasteiger partial charge in [-0.15, -0.1) is 12.4 Å². The van der Waals surface area contributed by atoms with Gasteiger partial charge in [-0.1, -0.05) is 0 Å². The maximum Gasteiger partial charge on any atom is 0.222 e. The lowest BCUT2D eigenvalue weighted by Crippen LogP contribution is -2.47. The van der Waals surface area contributed by atoms with E-state index in [0.717, 1.165) is 25.9 Å². The number of amides is 1. The zero-order chi connectivity index (χ0) is 12.6. The lowest BCUT2D eigenvalue weighted by atomic mass is 9.79. The molecule has 1 aliphatic heterocycles. The summed E-state index contributed by atoms with van der Waals surface area (Å²) in [6.07, 6.45) is 2.52. The van der Waals surface area contributed by atoms with Gasteiger partial charge in [-0.25, -0.2) is 0 Å². The molecular formula is C12H25ClN2O3. The van der Waals surface area contributed by atoms with E-state index in [2.05, 4.69) is 10.6 Å². The van der Waals surface area contributed by atoms with Crippen LogP contribution in [0.1, 0.15) is 19.3 Å². The Labute approximate surface area is 115 Å². The summed E-state index contributed by atoms with van der Waals surface area (Å²) >= 11 is 0. The number of rotatable bonds is 7. The SMILES string of the molecule is COCCC(=O)NCC1(COC)CCNCC1.Cl. The van der Waals surface area contributed by atoms with Crippen LogP contribution in [0.3, 0.4) is 0 Å². The van der Waals surface area contributed by atoms with E-state index < -0.39 is 0 Å². The molecule has 0 aliphatic carbocycles. The minimum absolute atomic E-state index is 0. The van der Waals surface area contributed by atoms with E-state index in [0.29, 0.717) is 26.2 Å². The third-order valence-electron chi connectivity index (χ3n) is 3.31. The number of carbonyl (C=O) groups is 1. The number of piperidine rings is 1. The molecule has 1 heterocycles. The topological polar surface area (TPSA) is 59.6 Å². The summed E-state index contributed by atoms with van der Waals surface area (Å²) in [5, 5.41) is 6.32. The molecule has 0 aromatic heterocycles. The number of methoxy groups -OCH3 is 2. The van der Waals surface area contributed by atoms with Gasteiger partial charge in [-0.05, 0) is 25.9 Å². The summed E-state index contributed by atoms with van der Waals surface area (Å²) in [5.41, 5.74) is 0.0999. The Balaban J connectivity index is 0.00000289. The molecule has 1 saturated heterocycles. The molecule has 108 valence electrons. The van der Waals surface area contributed by atoms with Crippen LogP contribution in [-0.2, 0) is 14.3 Å². The fourth-order valence-electron chi connectivity index (χ4n) is 2.20. The molecule has 0 aromatic rings. The molecule has 0 saturated carbocycles. The summed E-state index contributed by atoms with van der Waals surface area (Å²) < 4.78 is 10.2. The van der Waals surface area contributed by atoms with Crippen molar-refractivity contribution in [1.82, 2.24) is 10.6 Å². The van der Waals surface area contributed by atoms with Crippen LogP contribution in [0, 0.1) is 5.41 Å². The maximum atomic E-state index is 11.5. The molecule has 18 heavy (non-hydrogen) atoms. The highest BCUT2D eigenvalue weighted by Crippen LogP contribution is 2.28. The minimum atomic E-state index is 0. The number of hydrogen-bond donors (Lipinski definition) is 2. The number of nitrogens with one attached hydrogen (secondary N) is 2. The second kappa shape index (κ2) is 9.55. The van der Waals surface area contributed by atoms with Crippen molar-refractivity contribution in [1.29, 1.82) is 0 Å². The Bertz CT molecular complexity index is 228. The monoisotopic (exact) mass is 280 g/mol. The van der Waals surface area contributed by atoms with Gasteiger partial charge in [0.2, 0.25) is 5.91 Å². The van der Waals surface area contributed by atoms with Crippen LogP contribution >= 0.6 is 12.4 Å². The zero-order valence-corrected chi connectivity index (χ0v) is 12.1. The van der Waals surface area contributed by atoms with Crippen LogP contribution in [0.4, 0.5) is 0 Å². The van der Waals surface area contributed by atoms with Crippen molar-refractivity contribution in [2.75, 3.05) is 47.1 Å². The van der Waals surface area contributed by atoms with Crippen molar-refractivity contribution >= 4 is 18.3 Å². The fourth-order valence-corrected chi connectivity index (χ4v) is 2.20. The minimum Gasteiger partial charge on any atom is -0.384 e. The summed E-state index contributed by atoms with van der Waals surface area (Å²) in [5.74, 6) is 0.0564. The van der Waals surface area contributed by atoms with Crippen molar-refractivity contribution in [2.24, 2.45) is 5.41 Å². The lowest BCUT2D eigenvalue weighted by molar-refractivity contribution is -0.122. The van der Waals surface area contributed by atoms with Gasteiger partial charge in [-0.2, -0.15) is 0 Å². The maximum absolute atomic E-state index is 11.5. The van der Waals surface area contributed by atoms with Crippen LogP contribution in [0.5, 0.6) is 0 Å². The molecule has 6 heteroatoms. The predicted octanol–water partition coefficient (Wildman–Crippen LogP) is 0.577. The number of ether oxygens (including phenoxy) is 2. The Morgan fingerprint density at radius 1 is 1.28 bits per heavy atom. The van der Waals surface area contributed by atoms with Crippen LogP contribution < -0.4 is 10.6 Å². The van der Waals surface area contributed by atoms with Gasteiger partial charge in [0.05, 0.1) is 13.2 Å². The van der Waals surface area contributed by atoms with Crippen LogP contribution in [0.25, 0.3) is 0 Å². The first kappa shape index (κ1) is 17.6. The smallest absolute Gasteiger partial charge is 0.222 e. The van der Waals surface area contributed by atoms with Crippen LogP contribution in [0.15, 0.2) is 0 Å². The molecule has 0 aromatic carbocycles. The van der Waals surface area contributed by atoms with Crippen molar-refractivity contribution in [3.63, 3.8) is 0 Å². The van der Waals surface area contributed by atoms with E-state index in [4.69, 9.17) is 9.47 Å². The highest BCUT2D eigenvalue weighted by molar-refractivity contribution is 5.85. The standard InChI is InChI=1S/C12H24N2O3.ClH/c1-16-8-3-11(15)14-9-12(10-17-2)4-6-13-7-5-12;/h13H,3-10H2,1-2H3,(H,14,15);1H. The molecule has 0 unspecified atom stereocenters. The van der Waals surface area contributed by atoms with Crippen LogP contribution in [0.2, 0.25) is 0 Å². The van der Waals surface area contributed by atoms with Gasteiger partial charge < -0.3 is 20.1 Å². The van der Waals surface area contributed by atoms with Crippen molar-refractivity contribution < 1.29 is 14.3 Å². The van der Waals surface area contributed by atoms with E-state index in [1.54, 1.807) is 14.2 Å². The molecule has 0 spiro atoms. The van der Waals surface area contributed by atoms with E-state index in [1.807, 2.05) is 0 Å². The van der Waals surface area contributed by atoms with Gasteiger partial charge in [0, 0.05) is 32.6 Å². The van der Waals surface area contributed by atoms with E-state index in [9.17, 15) is 4.79 Å². The average Bonchev–Trinajstić information content (AvgIpc) is 2.35. The first-order chi connectivity index (χ1) is 8.22. The molecule has 2 N–H and O–H groups in total. The van der Waals surface area contributed by atoms with Gasteiger partial charge in [0.1, 0.15) is 0 Å². The molecule has 0 bridgehead atoms. The molecule has 1 fully saturated rings. The van der Waals surface area contributed by atoms with Crippen molar-refractivity contribution in [2.45, 2.75) is 19.3 Å². The highest BCUT2D eigenvalue weighted by atomic mass is 35.5. The Kier molecular flexibility index (Phi) is 9.36. The first-order valence-corrected chi connectivity index (χ1v) is 6.18. The number of carbonyl (C=O) groups excluding carboxylic acids is 1. The fraction of sp³-hybridized carbons (Fsp3) is 0.917. The Morgan fingerprint density at radius 2 is 1.94 bits per heavy atom. The molecule has 1 amide bonds. The van der Waals surface area contributed by atoms with Gasteiger partial charge >= 0.3 is 0 Å². The molecule has 0 atom stereocenters.